The van der Waals surface area contributed by atoms with Crippen LogP contribution in [0.3, 0.4) is 0 Å². The van der Waals surface area contributed by atoms with E-state index in [4.69, 9.17) is 48.9 Å². The number of carbonyl (C=O) groups is 3. The predicted octanol–water partition coefficient (Wildman–Crippen LogP) is 13.1. The van der Waals surface area contributed by atoms with Crippen LogP contribution in [0, 0.1) is 54.8 Å². The average Bonchev–Trinajstić information content (AvgIpc) is 1.21. The summed E-state index contributed by atoms with van der Waals surface area (Å²) in [7, 11) is 2.06. The first-order valence-electron chi connectivity index (χ1n) is 47.0. The summed E-state index contributed by atoms with van der Waals surface area (Å²) in [6, 6.07) is 45.7. The predicted molar refractivity (Wildman–Crippen MR) is 506 cm³/mol. The van der Waals surface area contributed by atoms with E-state index in [9.17, 15) is 43.3 Å². The SMILES string of the molecule is C=C(F)C(=O)N1CCN(c2nc(OCC34CCCN3CCC4)nc3c2CCN(c2cccc4cccc(C)c24)C3)C[C@@H]1CC#N.C=C(F)C(=O)N1CCN(c2nc(OCC3CCN3C3CC3)nc3c2CCN(c2cccc4cccc(C)c24)C3)C[C@@H]1CC#N.C=C(F)C(=O)N1CCN(c2nc(OCC3CN(C)CCO3)nc3c2CCN(c2cccc4cccc(C)c24)C3)C[C@@H]1CC#N. The number of ether oxygens (including phenoxy) is 4. The average molecular weight is 1810 g/mol. The molecule has 2 unspecified atom stereocenters. The lowest BCUT2D eigenvalue weighted by Gasteiger charge is -2.42. The number of nitrogens with zero attached hydrogens (tertiary/aromatic N) is 21. The van der Waals surface area contributed by atoms with Gasteiger partial charge in [0.05, 0.1) is 104 Å². The summed E-state index contributed by atoms with van der Waals surface area (Å²) in [6.45, 7) is 30.6. The number of carbonyl (C=O) groups excluding carboxylic acids is 3. The Labute approximate surface area is 775 Å². The third-order valence-corrected chi connectivity index (χ3v) is 28.8. The summed E-state index contributed by atoms with van der Waals surface area (Å²) in [5, 5.41) is 36.0. The zero-order chi connectivity index (χ0) is 92.3. The van der Waals surface area contributed by atoms with Crippen LogP contribution in [0.4, 0.5) is 47.7 Å². The molecule has 28 nitrogen and oxygen atoms in total. The van der Waals surface area contributed by atoms with E-state index in [2.05, 4.69) is 219 Å². The van der Waals surface area contributed by atoms with Crippen molar-refractivity contribution in [2.75, 3.05) is 174 Å². The van der Waals surface area contributed by atoms with E-state index >= 15 is 0 Å². The molecule has 10 aliphatic heterocycles. The number of morpholine rings is 1. The number of fused-ring (bicyclic) bond motifs is 7. The minimum absolute atomic E-state index is 0.0601. The number of hydrogen-bond acceptors (Lipinski definition) is 25. The standard InChI is InChI=1S/C35H40FN7O2.C34H38FN7O2.C33H38FN7O3/c1-24-7-3-8-26-9-4-10-30(31(24)26)40-18-12-28-29(22-40)38-34(45-23-35-13-5-16-42(35)17-6-14-35)39-32(28)41-19-20-43(33(44)25(2)36)27(21-41)11-15-37;1-22-5-3-6-24-7-4-8-30(31(22)24)39-15-13-28-29(20-39)37-34(44-21-27-12-16-41(27)25-9-10-25)38-32(28)40-17-18-42(33(43)23(2)35)26(19-40)11-14-36;1-22-6-4-7-24-8-5-9-29(30(22)24)39-13-11-27-28(20-39)36-33(44-21-26-19-38(3)16-17-43-26)37-31(27)40-14-15-41(32(42)23(2)34)25(18-40)10-12-35/h3-4,7-10,27H,2,5-6,11-14,16-23H2,1H3;3-8,25-27H,2,9-13,15-21H2,1H3;4-9,25-26H,2,10-11,13-21H2,1,3H3/t27-;26-,27?;25-,26?/m000/s1. The number of hydrogen-bond donors (Lipinski definition) is 0. The molecular weight excluding hydrogens is 1690 g/mol. The van der Waals surface area contributed by atoms with E-state index in [1.54, 1.807) is 0 Å². The molecule has 0 radical (unpaired) electrons. The lowest BCUT2D eigenvalue weighted by atomic mass is 9.95. The summed E-state index contributed by atoms with van der Waals surface area (Å²) >= 11 is 0. The molecule has 5 atom stereocenters. The van der Waals surface area contributed by atoms with Crippen LogP contribution >= 0.6 is 0 Å². The van der Waals surface area contributed by atoms with Gasteiger partial charge in [-0.3, -0.25) is 24.2 Å². The molecule has 20 rings (SSSR count). The summed E-state index contributed by atoms with van der Waals surface area (Å²) in [5.41, 5.74) is 13.2. The molecule has 692 valence electrons. The van der Waals surface area contributed by atoms with E-state index < -0.39 is 53.3 Å². The van der Waals surface area contributed by atoms with Gasteiger partial charge < -0.3 is 67.9 Å². The minimum Gasteiger partial charge on any atom is -0.462 e. The zero-order valence-electron chi connectivity index (χ0n) is 76.5. The Bertz CT molecular complexity index is 5850. The van der Waals surface area contributed by atoms with E-state index in [1.165, 1.54) is 106 Å². The van der Waals surface area contributed by atoms with Crippen molar-refractivity contribution in [1.82, 2.24) is 59.3 Å². The Balaban J connectivity index is 0.000000134. The summed E-state index contributed by atoms with van der Waals surface area (Å²) in [5.74, 6) is -2.95. The third-order valence-electron chi connectivity index (χ3n) is 28.8. The first kappa shape index (κ1) is 90.8. The highest BCUT2D eigenvalue weighted by Crippen LogP contribution is 2.44. The Morgan fingerprint density at radius 3 is 1.17 bits per heavy atom. The number of rotatable bonds is 22. The molecule has 3 amide bonds. The number of likely N-dealkylation sites (N-methyl/N-ethyl adjacent to an activating group) is 1. The maximum absolute atomic E-state index is 13.9. The van der Waals surface area contributed by atoms with Gasteiger partial charge in [-0.2, -0.15) is 45.7 Å². The van der Waals surface area contributed by atoms with Gasteiger partial charge in [0, 0.05) is 160 Å². The molecule has 0 N–H and O–H groups in total. The van der Waals surface area contributed by atoms with Crippen molar-refractivity contribution in [3.8, 4) is 36.2 Å². The zero-order valence-corrected chi connectivity index (χ0v) is 76.5. The Morgan fingerprint density at radius 2 is 0.820 bits per heavy atom. The number of halogens is 3. The van der Waals surface area contributed by atoms with Gasteiger partial charge in [0.15, 0.2) is 17.5 Å². The molecule has 11 aliphatic rings. The van der Waals surface area contributed by atoms with E-state index in [-0.39, 0.29) is 56.6 Å². The van der Waals surface area contributed by atoms with Gasteiger partial charge >= 0.3 is 18.0 Å². The minimum atomic E-state index is -1.02. The molecule has 13 heterocycles. The highest BCUT2D eigenvalue weighted by Gasteiger charge is 2.47. The largest absolute Gasteiger partial charge is 0.462 e. The smallest absolute Gasteiger partial charge is 0.318 e. The molecule has 3 aromatic heterocycles. The molecule has 7 saturated heterocycles. The number of likely N-dealkylation sites (tertiary alicyclic amines) is 1. The number of amides is 3. The number of nitriles is 3. The van der Waals surface area contributed by atoms with Crippen LogP contribution in [-0.2, 0) is 58.0 Å². The number of piperazine rings is 3. The first-order valence-corrected chi connectivity index (χ1v) is 47.0. The van der Waals surface area contributed by atoms with Crippen molar-refractivity contribution in [3.63, 3.8) is 0 Å². The van der Waals surface area contributed by atoms with Crippen molar-refractivity contribution in [2.24, 2.45) is 0 Å². The van der Waals surface area contributed by atoms with E-state index in [0.29, 0.717) is 116 Å². The quantitative estimate of drug-likeness (QED) is 0.0570. The van der Waals surface area contributed by atoms with Crippen molar-refractivity contribution in [2.45, 2.75) is 166 Å². The fraction of sp³-hybridized carbons (Fsp3) is 0.471. The van der Waals surface area contributed by atoms with Gasteiger partial charge in [0.1, 0.15) is 43.4 Å². The Kier molecular flexibility index (Phi) is 27.0. The second kappa shape index (κ2) is 39.6. The lowest BCUT2D eigenvalue weighted by Crippen LogP contribution is -2.56. The molecule has 8 fully saturated rings. The molecule has 1 aliphatic carbocycles. The number of benzene rings is 6. The maximum Gasteiger partial charge on any atom is 0.318 e. The maximum atomic E-state index is 13.9. The summed E-state index contributed by atoms with van der Waals surface area (Å²) in [4.78, 5) is 92.5. The van der Waals surface area contributed by atoms with Crippen LogP contribution < -0.4 is 43.6 Å². The number of aryl methyl sites for hydroxylation is 3. The molecule has 6 aromatic carbocycles. The fourth-order valence-corrected chi connectivity index (χ4v) is 21.8. The highest BCUT2D eigenvalue weighted by atomic mass is 19.1. The molecule has 0 spiro atoms. The van der Waals surface area contributed by atoms with Gasteiger partial charge in [-0.1, -0.05) is 111 Å². The van der Waals surface area contributed by atoms with Gasteiger partial charge in [-0.15, -0.1) is 0 Å². The van der Waals surface area contributed by atoms with Crippen molar-refractivity contribution >= 4 is 84.6 Å². The van der Waals surface area contributed by atoms with Crippen LogP contribution in [-0.4, -0.2) is 264 Å². The Morgan fingerprint density at radius 1 is 0.444 bits per heavy atom. The van der Waals surface area contributed by atoms with Gasteiger partial charge in [0.2, 0.25) is 0 Å². The van der Waals surface area contributed by atoms with E-state index in [0.717, 1.165) is 136 Å². The molecule has 31 heteroatoms. The third kappa shape index (κ3) is 19.2. The number of anilines is 6. The normalized spacial score (nSPS) is 21.2. The van der Waals surface area contributed by atoms with E-state index in [1.807, 2.05) is 0 Å². The number of aromatic nitrogens is 6. The van der Waals surface area contributed by atoms with Crippen LogP contribution in [0.1, 0.15) is 115 Å². The van der Waals surface area contributed by atoms with Crippen molar-refractivity contribution in [3.05, 3.63) is 197 Å². The molecule has 9 aromatic rings. The van der Waals surface area contributed by atoms with Crippen molar-refractivity contribution in [1.29, 1.82) is 15.8 Å². The molecule has 0 bridgehead atoms. The first-order chi connectivity index (χ1) is 64.6. The van der Waals surface area contributed by atoms with Gasteiger partial charge in [-0.05, 0) is 156 Å². The molecule has 133 heavy (non-hydrogen) atoms. The van der Waals surface area contributed by atoms with Crippen LogP contribution in [0.2, 0.25) is 0 Å². The highest BCUT2D eigenvalue weighted by molar-refractivity contribution is 6.00. The van der Waals surface area contributed by atoms with Gasteiger partial charge in [-0.25, -0.2) is 13.2 Å². The molecular formula is C102H116F3N21O7. The topological polar surface area (TPSA) is 276 Å². The fourth-order valence-electron chi connectivity index (χ4n) is 21.8. The lowest BCUT2D eigenvalue weighted by molar-refractivity contribution is -0.132. The Hall–Kier alpha value is -12.7. The monoisotopic (exact) mass is 1800 g/mol. The van der Waals surface area contributed by atoms with Crippen LogP contribution in [0.15, 0.2) is 146 Å². The van der Waals surface area contributed by atoms with Gasteiger partial charge in [0.25, 0.3) is 17.7 Å². The van der Waals surface area contributed by atoms with Crippen LogP contribution in [0.25, 0.3) is 32.3 Å². The van der Waals surface area contributed by atoms with Crippen molar-refractivity contribution < 1.29 is 46.5 Å². The second-order valence-electron chi connectivity index (χ2n) is 37.2. The summed E-state index contributed by atoms with van der Waals surface area (Å²) in [6.07, 6.45) is 10.7. The summed E-state index contributed by atoms with van der Waals surface area (Å²) < 4.78 is 66.4. The second-order valence-corrected chi connectivity index (χ2v) is 37.2. The van der Waals surface area contributed by atoms with Crippen LogP contribution in [0.5, 0.6) is 18.0 Å². The molecule has 1 saturated carbocycles.